The second-order valence-electron chi connectivity index (χ2n) is 8.92. The van der Waals surface area contributed by atoms with Gasteiger partial charge in [-0.15, -0.1) is 0 Å². The van der Waals surface area contributed by atoms with Gasteiger partial charge in [-0.25, -0.2) is 9.59 Å². The number of esters is 1. The van der Waals surface area contributed by atoms with Gasteiger partial charge in [0.15, 0.2) is 11.9 Å². The van der Waals surface area contributed by atoms with Crippen LogP contribution in [0, 0.1) is 0 Å². The van der Waals surface area contributed by atoms with Crippen LogP contribution in [0.2, 0.25) is 0 Å². The highest BCUT2D eigenvalue weighted by Crippen LogP contribution is 2.44. The van der Waals surface area contributed by atoms with E-state index in [4.69, 9.17) is 18.9 Å². The number of carbonyl (C=O) groups is 2. The number of cyclic esters (lactones) is 1. The summed E-state index contributed by atoms with van der Waals surface area (Å²) in [5, 5.41) is 0. The lowest BCUT2D eigenvalue weighted by Crippen LogP contribution is -2.52. The minimum Gasteiger partial charge on any atom is -0.458 e. The minimum absolute atomic E-state index is 0.254. The summed E-state index contributed by atoms with van der Waals surface area (Å²) in [7, 11) is 1.57. The molecular formula is C23H33NO6. The summed E-state index contributed by atoms with van der Waals surface area (Å²) in [6.45, 7) is 7.80. The molecule has 2 aliphatic heterocycles. The molecule has 2 saturated heterocycles. The fourth-order valence-electron chi connectivity index (χ4n) is 4.23. The molecule has 30 heavy (non-hydrogen) atoms. The molecule has 0 bridgehead atoms. The highest BCUT2D eigenvalue weighted by molar-refractivity contribution is 5.76. The quantitative estimate of drug-likeness (QED) is 0.617. The van der Waals surface area contributed by atoms with Crippen LogP contribution in [0.4, 0.5) is 4.79 Å². The minimum atomic E-state index is -1.09. The van der Waals surface area contributed by atoms with E-state index in [9.17, 15) is 9.59 Å². The fourth-order valence-corrected chi connectivity index (χ4v) is 4.23. The number of hydrogen-bond donors (Lipinski definition) is 0. The van der Waals surface area contributed by atoms with E-state index in [1.165, 1.54) is 0 Å². The number of nitrogens with zero attached hydrogens (tertiary/aromatic N) is 1. The van der Waals surface area contributed by atoms with Crippen molar-refractivity contribution in [3.63, 3.8) is 0 Å². The van der Waals surface area contributed by atoms with Crippen LogP contribution in [-0.4, -0.2) is 54.2 Å². The second kappa shape index (κ2) is 8.94. The van der Waals surface area contributed by atoms with E-state index in [1.54, 1.807) is 12.0 Å². The van der Waals surface area contributed by atoms with Crippen molar-refractivity contribution >= 4 is 12.1 Å². The first-order valence-corrected chi connectivity index (χ1v) is 10.7. The molecule has 0 aromatic heterocycles. The van der Waals surface area contributed by atoms with Gasteiger partial charge in [-0.3, -0.25) is 4.90 Å². The first-order valence-electron chi connectivity index (χ1n) is 10.7. The summed E-state index contributed by atoms with van der Waals surface area (Å²) in [6, 6.07) is 9.02. The SMILES string of the molecule is CCCC[C@@]1(OC)OC(C(=O)OC(C)(C)C)C[C@H]1N1C(=O)OC[C@H]1c1ccccc1. The van der Waals surface area contributed by atoms with Gasteiger partial charge >= 0.3 is 12.1 Å². The zero-order chi connectivity index (χ0) is 21.9. The Labute approximate surface area is 178 Å². The Bertz CT molecular complexity index is 746. The number of unbranched alkanes of at least 4 members (excludes halogenated alkanes) is 1. The van der Waals surface area contributed by atoms with Crippen molar-refractivity contribution in [1.82, 2.24) is 4.90 Å². The van der Waals surface area contributed by atoms with Gasteiger partial charge in [0.2, 0.25) is 0 Å². The largest absolute Gasteiger partial charge is 0.458 e. The molecule has 2 fully saturated rings. The number of rotatable bonds is 7. The lowest BCUT2D eigenvalue weighted by atomic mass is 9.95. The Kier molecular flexibility index (Phi) is 6.72. The van der Waals surface area contributed by atoms with Crippen LogP contribution < -0.4 is 0 Å². The number of benzene rings is 1. The number of methoxy groups -OCH3 is 1. The molecule has 0 radical (unpaired) electrons. The maximum Gasteiger partial charge on any atom is 0.410 e. The molecule has 2 heterocycles. The molecule has 1 aromatic carbocycles. The lowest BCUT2D eigenvalue weighted by molar-refractivity contribution is -0.240. The van der Waals surface area contributed by atoms with Gasteiger partial charge in [0, 0.05) is 20.0 Å². The third kappa shape index (κ3) is 4.62. The maximum atomic E-state index is 12.8. The molecule has 0 aliphatic carbocycles. The van der Waals surface area contributed by atoms with E-state index in [1.807, 2.05) is 51.1 Å². The average molecular weight is 420 g/mol. The van der Waals surface area contributed by atoms with Crippen molar-refractivity contribution in [3.8, 4) is 0 Å². The Hall–Kier alpha value is -2.12. The molecule has 0 spiro atoms. The maximum absolute atomic E-state index is 12.8. The van der Waals surface area contributed by atoms with Crippen molar-refractivity contribution in [2.24, 2.45) is 0 Å². The van der Waals surface area contributed by atoms with Crippen LogP contribution >= 0.6 is 0 Å². The van der Waals surface area contributed by atoms with Crippen LogP contribution in [0.5, 0.6) is 0 Å². The van der Waals surface area contributed by atoms with E-state index in [-0.39, 0.29) is 12.6 Å². The first kappa shape index (κ1) is 22.6. The molecule has 1 unspecified atom stereocenters. The summed E-state index contributed by atoms with van der Waals surface area (Å²) in [4.78, 5) is 27.3. The van der Waals surface area contributed by atoms with E-state index in [0.29, 0.717) is 12.8 Å². The summed E-state index contributed by atoms with van der Waals surface area (Å²) < 4.78 is 23.1. The van der Waals surface area contributed by atoms with Gasteiger partial charge in [0.25, 0.3) is 0 Å². The molecule has 1 aromatic rings. The number of ether oxygens (including phenoxy) is 4. The molecule has 1 amide bonds. The van der Waals surface area contributed by atoms with Crippen LogP contribution in [0.15, 0.2) is 30.3 Å². The standard InChI is InChI=1S/C23H33NO6/c1-6-7-13-23(27-5)19(14-18(29-23)20(25)30-22(2,3)4)24-17(15-28-21(24)26)16-11-9-8-10-12-16/h8-12,17-19H,6-7,13-15H2,1-5H3/t17-,18?,19+,23+/m0/s1. The average Bonchev–Trinajstić information content (AvgIpc) is 3.26. The van der Waals surface area contributed by atoms with Crippen molar-refractivity contribution in [1.29, 1.82) is 0 Å². The van der Waals surface area contributed by atoms with Crippen LogP contribution in [-0.2, 0) is 23.7 Å². The molecule has 0 N–H and O–H groups in total. The third-order valence-corrected chi connectivity index (χ3v) is 5.61. The third-order valence-electron chi connectivity index (χ3n) is 5.61. The highest BCUT2D eigenvalue weighted by Gasteiger charge is 2.58. The predicted octanol–water partition coefficient (Wildman–Crippen LogP) is 4.21. The van der Waals surface area contributed by atoms with Crippen LogP contribution in [0.3, 0.4) is 0 Å². The smallest absolute Gasteiger partial charge is 0.410 e. The number of carbonyl (C=O) groups excluding carboxylic acids is 2. The lowest BCUT2D eigenvalue weighted by Gasteiger charge is -2.39. The predicted molar refractivity (Wildman–Crippen MR) is 111 cm³/mol. The summed E-state index contributed by atoms with van der Waals surface area (Å²) in [5.74, 6) is -1.53. The van der Waals surface area contributed by atoms with Crippen molar-refractivity contribution in [2.75, 3.05) is 13.7 Å². The zero-order valence-corrected chi connectivity index (χ0v) is 18.6. The molecule has 4 atom stereocenters. The Balaban J connectivity index is 1.93. The summed E-state index contributed by atoms with van der Waals surface area (Å²) >= 11 is 0. The molecule has 7 nitrogen and oxygen atoms in total. The van der Waals surface area contributed by atoms with Gasteiger partial charge in [-0.05, 0) is 32.8 Å². The number of hydrogen-bond acceptors (Lipinski definition) is 6. The first-order chi connectivity index (χ1) is 14.2. The molecule has 166 valence electrons. The molecule has 2 aliphatic rings. The topological polar surface area (TPSA) is 74.3 Å². The Morgan fingerprint density at radius 1 is 1.27 bits per heavy atom. The van der Waals surface area contributed by atoms with Crippen molar-refractivity contribution < 1.29 is 28.5 Å². The zero-order valence-electron chi connectivity index (χ0n) is 18.6. The molecule has 0 saturated carbocycles. The normalized spacial score (nSPS) is 29.2. The Morgan fingerprint density at radius 2 is 1.97 bits per heavy atom. The van der Waals surface area contributed by atoms with E-state index in [0.717, 1.165) is 18.4 Å². The summed E-state index contributed by atoms with van der Waals surface area (Å²) in [5.41, 5.74) is 0.348. The van der Waals surface area contributed by atoms with Gasteiger partial charge in [-0.1, -0.05) is 43.7 Å². The van der Waals surface area contributed by atoms with E-state index >= 15 is 0 Å². The van der Waals surface area contributed by atoms with Gasteiger partial charge < -0.3 is 18.9 Å². The van der Waals surface area contributed by atoms with Gasteiger partial charge in [-0.2, -0.15) is 0 Å². The molecular weight excluding hydrogens is 386 g/mol. The Morgan fingerprint density at radius 3 is 2.57 bits per heavy atom. The molecule has 7 heteroatoms. The second-order valence-corrected chi connectivity index (χ2v) is 8.92. The molecule has 3 rings (SSSR count). The van der Waals surface area contributed by atoms with Crippen LogP contribution in [0.25, 0.3) is 0 Å². The van der Waals surface area contributed by atoms with E-state index < -0.39 is 35.6 Å². The van der Waals surface area contributed by atoms with Gasteiger partial charge in [0.05, 0.1) is 12.1 Å². The van der Waals surface area contributed by atoms with Crippen molar-refractivity contribution in [2.45, 2.75) is 83.0 Å². The summed E-state index contributed by atoms with van der Waals surface area (Å²) in [6.07, 6.45) is 1.41. The van der Waals surface area contributed by atoms with Gasteiger partial charge in [0.1, 0.15) is 12.2 Å². The van der Waals surface area contributed by atoms with Crippen LogP contribution in [0.1, 0.15) is 65.0 Å². The number of amides is 1. The monoisotopic (exact) mass is 419 g/mol. The fraction of sp³-hybridized carbons (Fsp3) is 0.652. The van der Waals surface area contributed by atoms with E-state index in [2.05, 4.69) is 6.92 Å². The van der Waals surface area contributed by atoms with Crippen molar-refractivity contribution in [3.05, 3.63) is 35.9 Å². The highest BCUT2D eigenvalue weighted by atomic mass is 16.7.